The molecule has 2 N–H and O–H groups in total. The average Bonchev–Trinajstić information content (AvgIpc) is 3.19. The van der Waals surface area contributed by atoms with E-state index in [4.69, 9.17) is 20.1 Å². The van der Waals surface area contributed by atoms with Crippen molar-refractivity contribution in [3.8, 4) is 16.9 Å². The molecule has 0 aliphatic carbocycles. The zero-order valence-electron chi connectivity index (χ0n) is 22.2. The highest BCUT2D eigenvalue weighted by atomic mass is 16.5. The predicted octanol–water partition coefficient (Wildman–Crippen LogP) is 7.37. The largest absolute Gasteiger partial charge is 0.497 e. The Kier molecular flexibility index (Phi) is 11.8. The summed E-state index contributed by atoms with van der Waals surface area (Å²) in [5, 5.41) is 0. The predicted molar refractivity (Wildman–Crippen MR) is 146 cm³/mol. The quantitative estimate of drug-likeness (QED) is 0.213. The van der Waals surface area contributed by atoms with Crippen LogP contribution in [0.15, 0.2) is 61.5 Å². The third kappa shape index (κ3) is 6.83. The number of hydrogen-bond donors (Lipinski definition) is 1. The summed E-state index contributed by atoms with van der Waals surface area (Å²) in [6, 6.07) is 5.94. The lowest BCUT2D eigenvalue weighted by Crippen LogP contribution is -2.12. The van der Waals surface area contributed by atoms with Crippen molar-refractivity contribution in [2.45, 2.75) is 48.0 Å². The van der Waals surface area contributed by atoms with Gasteiger partial charge in [-0.3, -0.25) is 4.68 Å². The van der Waals surface area contributed by atoms with Gasteiger partial charge in [-0.2, -0.15) is 0 Å². The summed E-state index contributed by atoms with van der Waals surface area (Å²) in [6.07, 6.45) is 8.95. The summed E-state index contributed by atoms with van der Waals surface area (Å²) in [7, 11) is 3.32. The molecule has 0 saturated heterocycles. The standard InChI is InChI=1S/C27H36N2O3.C2H6/c1-9-18(3)14-15-22(30-7)16-19(4)26-24(17-29(28)27(26)21(6)32-10-2)23-12-11-13-25(31-8)20(23)5;1-2/h11-18H,4,6,9-10,28H2,1-3,5,7-8H3;1-2H3/b15-14-,22-16+;. The van der Waals surface area contributed by atoms with E-state index >= 15 is 0 Å². The van der Waals surface area contributed by atoms with Crippen molar-refractivity contribution in [2.24, 2.45) is 5.92 Å². The fourth-order valence-corrected chi connectivity index (χ4v) is 3.52. The van der Waals surface area contributed by atoms with Gasteiger partial charge in [-0.25, -0.2) is 0 Å². The van der Waals surface area contributed by atoms with Crippen LogP contribution >= 0.6 is 0 Å². The molecule has 186 valence electrons. The van der Waals surface area contributed by atoms with E-state index in [1.165, 1.54) is 0 Å². The Bertz CT molecular complexity index is 1030. The van der Waals surface area contributed by atoms with Crippen molar-refractivity contribution in [3.05, 3.63) is 78.4 Å². The number of methoxy groups -OCH3 is 2. The first-order chi connectivity index (χ1) is 16.3. The average molecular weight is 467 g/mol. The molecule has 0 fully saturated rings. The first-order valence-electron chi connectivity index (χ1n) is 11.9. The van der Waals surface area contributed by atoms with Gasteiger partial charge in [0.25, 0.3) is 0 Å². The van der Waals surface area contributed by atoms with Gasteiger partial charge < -0.3 is 20.1 Å². The van der Waals surface area contributed by atoms with Gasteiger partial charge in [-0.15, -0.1) is 0 Å². The number of rotatable bonds is 11. The molecule has 0 spiro atoms. The maximum Gasteiger partial charge on any atom is 0.138 e. The number of aromatic nitrogens is 1. The Hall–Kier alpha value is -3.34. The van der Waals surface area contributed by atoms with Crippen LogP contribution in [-0.4, -0.2) is 25.5 Å². The highest BCUT2D eigenvalue weighted by Gasteiger charge is 2.22. The fourth-order valence-electron chi connectivity index (χ4n) is 3.52. The fraction of sp³-hybridized carbons (Fsp3) is 0.379. The molecule has 0 bridgehead atoms. The second kappa shape index (κ2) is 14.0. The van der Waals surface area contributed by atoms with Crippen LogP contribution in [0.3, 0.4) is 0 Å². The lowest BCUT2D eigenvalue weighted by Gasteiger charge is -2.14. The topological polar surface area (TPSA) is 58.6 Å². The van der Waals surface area contributed by atoms with Gasteiger partial charge >= 0.3 is 0 Å². The molecule has 34 heavy (non-hydrogen) atoms. The number of nitrogens with two attached hydrogens (primary N) is 1. The summed E-state index contributed by atoms with van der Waals surface area (Å²) < 4.78 is 18.4. The van der Waals surface area contributed by atoms with Gasteiger partial charge in [0, 0.05) is 17.3 Å². The first kappa shape index (κ1) is 28.7. The van der Waals surface area contributed by atoms with Crippen LogP contribution in [0.2, 0.25) is 0 Å². The summed E-state index contributed by atoms with van der Waals surface area (Å²) in [5.74, 6) is 8.84. The summed E-state index contributed by atoms with van der Waals surface area (Å²) >= 11 is 0. The van der Waals surface area contributed by atoms with E-state index in [-0.39, 0.29) is 0 Å². The molecule has 0 radical (unpaired) electrons. The molecule has 1 atom stereocenters. The molecular weight excluding hydrogens is 424 g/mol. The molecule has 0 aliphatic rings. The molecule has 1 unspecified atom stereocenters. The third-order valence-electron chi connectivity index (χ3n) is 5.52. The molecule has 0 saturated carbocycles. The van der Waals surface area contributed by atoms with Crippen LogP contribution in [0.5, 0.6) is 5.75 Å². The Morgan fingerprint density at radius 1 is 1.15 bits per heavy atom. The van der Waals surface area contributed by atoms with Gasteiger partial charge in [0.05, 0.1) is 20.8 Å². The number of benzene rings is 1. The summed E-state index contributed by atoms with van der Waals surface area (Å²) in [5.41, 5.74) is 5.18. The highest BCUT2D eigenvalue weighted by molar-refractivity contribution is 5.91. The second-order valence-electron chi connectivity index (χ2n) is 7.68. The van der Waals surface area contributed by atoms with Crippen LogP contribution in [0, 0.1) is 12.8 Å². The first-order valence-corrected chi connectivity index (χ1v) is 11.9. The minimum Gasteiger partial charge on any atom is -0.497 e. The highest BCUT2D eigenvalue weighted by Crippen LogP contribution is 2.39. The number of allylic oxidation sites excluding steroid dienone is 4. The molecule has 1 heterocycles. The van der Waals surface area contributed by atoms with Gasteiger partial charge in [0.1, 0.15) is 23.0 Å². The minimum atomic E-state index is 0.454. The van der Waals surface area contributed by atoms with E-state index in [1.54, 1.807) is 18.9 Å². The third-order valence-corrected chi connectivity index (χ3v) is 5.52. The van der Waals surface area contributed by atoms with E-state index in [1.807, 2.05) is 64.2 Å². The van der Waals surface area contributed by atoms with Crippen LogP contribution in [0.4, 0.5) is 0 Å². The molecule has 2 rings (SSSR count). The molecule has 5 heteroatoms. The second-order valence-corrected chi connectivity index (χ2v) is 7.68. The molecular formula is C29H42N2O3. The normalized spacial score (nSPS) is 12.1. The Labute approximate surface area is 206 Å². The Morgan fingerprint density at radius 3 is 2.38 bits per heavy atom. The lowest BCUT2D eigenvalue weighted by atomic mass is 9.93. The molecule has 5 nitrogen and oxygen atoms in total. The van der Waals surface area contributed by atoms with Crippen molar-refractivity contribution >= 4 is 11.3 Å². The molecule has 0 amide bonds. The van der Waals surface area contributed by atoms with Crippen LogP contribution in [0.1, 0.15) is 57.9 Å². The Balaban J connectivity index is 0.00000281. The number of ether oxygens (including phenoxy) is 3. The zero-order chi connectivity index (χ0) is 25.8. The van der Waals surface area contributed by atoms with Crippen molar-refractivity contribution in [1.29, 1.82) is 0 Å². The molecule has 1 aromatic carbocycles. The zero-order valence-corrected chi connectivity index (χ0v) is 22.2. The van der Waals surface area contributed by atoms with Crippen molar-refractivity contribution in [2.75, 3.05) is 26.7 Å². The van der Waals surface area contributed by atoms with Crippen LogP contribution in [0.25, 0.3) is 22.5 Å². The number of nitrogens with zero attached hydrogens (tertiary/aromatic N) is 1. The monoisotopic (exact) mass is 466 g/mol. The number of nitrogen functional groups attached to an aromatic ring is 1. The van der Waals surface area contributed by atoms with Gasteiger partial charge in [0.2, 0.25) is 0 Å². The molecule has 0 aliphatic heterocycles. The SMILES string of the molecule is C=C(/C=C(\C=C/C(C)CC)OC)c1c(-c2cccc(OC)c2C)cn(N)c1C(=C)OCC.CC. The number of hydrogen-bond acceptors (Lipinski definition) is 4. The van der Waals surface area contributed by atoms with E-state index in [0.29, 0.717) is 29.7 Å². The summed E-state index contributed by atoms with van der Waals surface area (Å²) in [4.78, 5) is 0. The van der Waals surface area contributed by atoms with Gasteiger partial charge in [0.15, 0.2) is 0 Å². The minimum absolute atomic E-state index is 0.454. The van der Waals surface area contributed by atoms with Crippen molar-refractivity contribution in [3.63, 3.8) is 0 Å². The lowest BCUT2D eigenvalue weighted by molar-refractivity contribution is 0.297. The Morgan fingerprint density at radius 2 is 1.82 bits per heavy atom. The van der Waals surface area contributed by atoms with Gasteiger partial charge in [-0.05, 0) is 54.7 Å². The van der Waals surface area contributed by atoms with Crippen LogP contribution < -0.4 is 10.6 Å². The van der Waals surface area contributed by atoms with Crippen molar-refractivity contribution < 1.29 is 14.2 Å². The van der Waals surface area contributed by atoms with Crippen LogP contribution in [-0.2, 0) is 9.47 Å². The maximum atomic E-state index is 6.39. The molecule has 1 aromatic heterocycles. The summed E-state index contributed by atoms with van der Waals surface area (Å²) in [6.45, 7) is 21.2. The van der Waals surface area contributed by atoms with Gasteiger partial charge in [-0.1, -0.05) is 65.5 Å². The van der Waals surface area contributed by atoms with Crippen molar-refractivity contribution in [1.82, 2.24) is 4.68 Å². The maximum absolute atomic E-state index is 6.39. The molecule has 2 aromatic rings. The van der Waals surface area contributed by atoms with E-state index in [0.717, 1.165) is 40.0 Å². The van der Waals surface area contributed by atoms with E-state index in [9.17, 15) is 0 Å². The van der Waals surface area contributed by atoms with E-state index in [2.05, 4.69) is 33.1 Å². The van der Waals surface area contributed by atoms with E-state index < -0.39 is 0 Å². The smallest absolute Gasteiger partial charge is 0.138 e.